The molecule has 208 valence electrons. The van der Waals surface area contributed by atoms with Crippen LogP contribution in [0, 0.1) is 17.8 Å². The molecule has 4 heterocycles. The third kappa shape index (κ3) is 4.98. The summed E-state index contributed by atoms with van der Waals surface area (Å²) in [6.07, 6.45) is 13.5. The van der Waals surface area contributed by atoms with Crippen molar-refractivity contribution in [2.75, 3.05) is 4.90 Å². The number of nitrogens with one attached hydrogen (secondary N) is 3. The normalized spacial score (nSPS) is 35.1. The van der Waals surface area contributed by atoms with Crippen molar-refractivity contribution in [1.29, 1.82) is 0 Å². The van der Waals surface area contributed by atoms with Crippen LogP contribution in [0.4, 0.5) is 5.69 Å². The zero-order chi connectivity index (χ0) is 26.3. The van der Waals surface area contributed by atoms with Gasteiger partial charge >= 0.3 is 0 Å². The summed E-state index contributed by atoms with van der Waals surface area (Å²) < 4.78 is 0. The molecule has 7 atom stereocenters. The van der Waals surface area contributed by atoms with Crippen molar-refractivity contribution < 1.29 is 9.90 Å². The van der Waals surface area contributed by atoms with Crippen LogP contribution in [-0.2, 0) is 4.79 Å². The predicted octanol–water partition coefficient (Wildman–Crippen LogP) is 4.56. The number of pyridine rings is 1. The average molecular weight is 530 g/mol. The van der Waals surface area contributed by atoms with Crippen LogP contribution in [0.2, 0.25) is 0 Å². The van der Waals surface area contributed by atoms with Crippen molar-refractivity contribution in [2.24, 2.45) is 17.8 Å². The molecule has 4 N–H and O–H groups in total. The number of rotatable bonds is 6. The summed E-state index contributed by atoms with van der Waals surface area (Å²) in [5.74, 6) is 1.12. The number of hydrogen-bond donors (Lipinski definition) is 4. The van der Waals surface area contributed by atoms with E-state index in [2.05, 4.69) is 56.4 Å². The van der Waals surface area contributed by atoms with E-state index in [1.807, 2.05) is 18.3 Å². The summed E-state index contributed by atoms with van der Waals surface area (Å²) >= 11 is 0. The van der Waals surface area contributed by atoms with E-state index in [1.165, 1.54) is 49.8 Å². The number of carbonyl (C=O) groups is 1. The van der Waals surface area contributed by atoms with Crippen LogP contribution in [0.3, 0.4) is 0 Å². The lowest BCUT2D eigenvalue weighted by Crippen LogP contribution is -2.44. The van der Waals surface area contributed by atoms with E-state index in [0.29, 0.717) is 30.0 Å². The summed E-state index contributed by atoms with van der Waals surface area (Å²) in [5.41, 5.74) is 10.7. The van der Waals surface area contributed by atoms with E-state index in [9.17, 15) is 9.90 Å². The quantitative estimate of drug-likeness (QED) is 0.439. The molecule has 1 amide bonds. The fourth-order valence-electron chi connectivity index (χ4n) is 8.60. The molecule has 2 aromatic rings. The van der Waals surface area contributed by atoms with E-state index in [0.717, 1.165) is 37.8 Å². The maximum Gasteiger partial charge on any atom is 0.223 e. The molecule has 5 aliphatic rings. The zero-order valence-electron chi connectivity index (χ0n) is 22.8. The highest BCUT2D eigenvalue weighted by Gasteiger charge is 2.44. The van der Waals surface area contributed by atoms with Gasteiger partial charge in [-0.15, -0.1) is 0 Å². The van der Waals surface area contributed by atoms with Crippen LogP contribution in [0.1, 0.15) is 94.0 Å². The Hall–Kier alpha value is -2.48. The molecule has 3 aliphatic heterocycles. The van der Waals surface area contributed by atoms with Gasteiger partial charge in [0.2, 0.25) is 5.91 Å². The van der Waals surface area contributed by atoms with Crippen LogP contribution in [0.25, 0.3) is 0 Å². The molecule has 7 heteroatoms. The molecule has 7 rings (SSSR count). The molecule has 5 fully saturated rings. The molecule has 39 heavy (non-hydrogen) atoms. The molecule has 2 bridgehead atoms. The summed E-state index contributed by atoms with van der Waals surface area (Å²) in [6, 6.07) is 16.7. The number of aliphatic hydroxyl groups is 1. The van der Waals surface area contributed by atoms with Gasteiger partial charge in [0, 0.05) is 35.9 Å². The predicted molar refractivity (Wildman–Crippen MR) is 152 cm³/mol. The van der Waals surface area contributed by atoms with Gasteiger partial charge in [-0.05, 0) is 99.5 Å². The molecule has 2 aliphatic carbocycles. The van der Waals surface area contributed by atoms with Gasteiger partial charge in [0.25, 0.3) is 0 Å². The van der Waals surface area contributed by atoms with Crippen LogP contribution >= 0.6 is 0 Å². The highest BCUT2D eigenvalue weighted by molar-refractivity contribution is 5.79. The van der Waals surface area contributed by atoms with Gasteiger partial charge in [0.15, 0.2) is 0 Å². The lowest BCUT2D eigenvalue weighted by atomic mass is 9.74. The molecule has 2 saturated carbocycles. The maximum atomic E-state index is 13.7. The molecule has 1 aromatic heterocycles. The van der Waals surface area contributed by atoms with Gasteiger partial charge in [-0.25, -0.2) is 5.43 Å². The van der Waals surface area contributed by atoms with E-state index >= 15 is 0 Å². The number of amides is 1. The Morgan fingerprint density at radius 1 is 0.923 bits per heavy atom. The first kappa shape index (κ1) is 25.5. The van der Waals surface area contributed by atoms with Crippen LogP contribution in [-0.4, -0.2) is 40.2 Å². The van der Waals surface area contributed by atoms with E-state index < -0.39 is 0 Å². The Kier molecular flexibility index (Phi) is 7.08. The van der Waals surface area contributed by atoms with Gasteiger partial charge in [-0.1, -0.05) is 31.0 Å². The molecular weight excluding hydrogens is 486 g/mol. The van der Waals surface area contributed by atoms with Gasteiger partial charge in [-0.3, -0.25) is 15.2 Å². The fourth-order valence-corrected chi connectivity index (χ4v) is 8.60. The lowest BCUT2D eigenvalue weighted by Gasteiger charge is -2.39. The van der Waals surface area contributed by atoms with Crippen molar-refractivity contribution in [3.05, 3.63) is 59.9 Å². The highest BCUT2D eigenvalue weighted by atomic mass is 16.3. The third-order valence-corrected chi connectivity index (χ3v) is 10.6. The Bertz CT molecular complexity index is 1120. The third-order valence-electron chi connectivity index (χ3n) is 10.6. The minimum Gasteiger partial charge on any atom is -0.393 e. The van der Waals surface area contributed by atoms with Gasteiger partial charge < -0.3 is 15.3 Å². The number of carbonyl (C=O) groups excluding carboxylic acids is 1. The molecule has 7 nitrogen and oxygen atoms in total. The second-order valence-corrected chi connectivity index (χ2v) is 12.8. The van der Waals surface area contributed by atoms with Gasteiger partial charge in [-0.2, -0.15) is 0 Å². The monoisotopic (exact) mass is 529 g/mol. The van der Waals surface area contributed by atoms with Gasteiger partial charge in [0.05, 0.1) is 23.9 Å². The molecular formula is C32H43N5O2. The second kappa shape index (κ2) is 10.8. The number of hydrogen-bond acceptors (Lipinski definition) is 6. The summed E-state index contributed by atoms with van der Waals surface area (Å²) in [4.78, 5) is 20.9. The first-order valence-corrected chi connectivity index (χ1v) is 15.4. The van der Waals surface area contributed by atoms with Crippen molar-refractivity contribution in [1.82, 2.24) is 21.2 Å². The number of fused-ring (bicyclic) bond motifs is 3. The Balaban J connectivity index is 1.03. The molecule has 0 radical (unpaired) electrons. The van der Waals surface area contributed by atoms with Gasteiger partial charge in [0.1, 0.15) is 0 Å². The van der Waals surface area contributed by atoms with Crippen molar-refractivity contribution in [2.45, 2.75) is 107 Å². The molecule has 1 aromatic carbocycles. The number of aliphatic hydroxyl groups excluding tert-OH is 1. The van der Waals surface area contributed by atoms with Crippen molar-refractivity contribution >= 4 is 11.6 Å². The number of benzene rings is 1. The lowest BCUT2D eigenvalue weighted by molar-refractivity contribution is -0.127. The van der Waals surface area contributed by atoms with Crippen molar-refractivity contribution in [3.8, 4) is 0 Å². The number of aromatic nitrogens is 1. The fraction of sp³-hybridized carbons (Fsp3) is 0.625. The Labute approximate surface area is 232 Å². The van der Waals surface area contributed by atoms with Crippen LogP contribution in [0.15, 0.2) is 48.7 Å². The summed E-state index contributed by atoms with van der Waals surface area (Å²) in [5, 5.41) is 13.7. The first-order valence-electron chi connectivity index (χ1n) is 15.4. The van der Waals surface area contributed by atoms with Crippen LogP contribution in [0.5, 0.6) is 0 Å². The topological polar surface area (TPSA) is 89.5 Å². The SMILES string of the molecule is O=C(N[C@@H](c1ccccn1)C1CCCC1)C1CCC2NNC(c3ccc(N4[C@H]5CC[C@H]4CC(O)C5)cc3)C2C1. The first-order chi connectivity index (χ1) is 19.1. The number of piperidine rings is 1. The molecule has 3 saturated heterocycles. The Morgan fingerprint density at radius 3 is 2.41 bits per heavy atom. The summed E-state index contributed by atoms with van der Waals surface area (Å²) in [6.45, 7) is 0. The number of anilines is 1. The van der Waals surface area contributed by atoms with E-state index in [-0.39, 0.29) is 30.0 Å². The van der Waals surface area contributed by atoms with Crippen LogP contribution < -0.4 is 21.1 Å². The average Bonchev–Trinajstić information content (AvgIpc) is 3.70. The number of hydrazine groups is 1. The molecule has 4 unspecified atom stereocenters. The molecule has 0 spiro atoms. The summed E-state index contributed by atoms with van der Waals surface area (Å²) in [7, 11) is 0. The highest BCUT2D eigenvalue weighted by Crippen LogP contribution is 2.43. The maximum absolute atomic E-state index is 13.7. The van der Waals surface area contributed by atoms with Crippen molar-refractivity contribution in [3.63, 3.8) is 0 Å². The standard InChI is InChI=1S/C32H43N5O2/c38-26-18-24-13-14-25(19-26)37(24)23-11-8-21(9-12-23)30-27-17-22(10-15-28(27)35-36-30)32(39)34-31(20-5-1-2-6-20)29-7-3-4-16-33-29/h3-4,7-9,11-12,16,20,22,24-28,30-31,35-36,38H,1-2,5-6,10,13-15,17-19H2,(H,34,39)/t22?,24-,25-,27?,28?,30?,31+/m0/s1. The van der Waals surface area contributed by atoms with E-state index in [4.69, 9.17) is 0 Å². The Morgan fingerprint density at radius 2 is 1.69 bits per heavy atom. The second-order valence-electron chi connectivity index (χ2n) is 12.8. The largest absolute Gasteiger partial charge is 0.393 e. The minimum atomic E-state index is -0.141. The number of nitrogens with zero attached hydrogens (tertiary/aromatic N) is 2. The van der Waals surface area contributed by atoms with E-state index in [1.54, 1.807) is 0 Å². The zero-order valence-corrected chi connectivity index (χ0v) is 22.8. The minimum absolute atomic E-state index is 0.0216. The smallest absolute Gasteiger partial charge is 0.223 e.